The lowest BCUT2D eigenvalue weighted by Crippen LogP contribution is -2.17. The number of benzene rings is 1. The zero-order chi connectivity index (χ0) is 16.1. The molecule has 1 amide bonds. The molecule has 1 heterocycles. The maximum absolute atomic E-state index is 11.8. The van der Waals surface area contributed by atoms with E-state index in [1.807, 2.05) is 0 Å². The Hall–Kier alpha value is -3.29. The van der Waals surface area contributed by atoms with Crippen LogP contribution in [0.5, 0.6) is 5.75 Å². The van der Waals surface area contributed by atoms with E-state index in [0.717, 1.165) is 18.0 Å². The smallest absolute Gasteiger partial charge is 0.278 e. The highest BCUT2D eigenvalue weighted by Gasteiger charge is 2.12. The molecule has 0 radical (unpaired) electrons. The van der Waals surface area contributed by atoms with Gasteiger partial charge in [-0.1, -0.05) is 0 Å². The van der Waals surface area contributed by atoms with Crippen LogP contribution in [-0.2, 0) is 0 Å². The molecule has 0 unspecified atom stereocenters. The van der Waals surface area contributed by atoms with Crippen molar-refractivity contribution in [3.63, 3.8) is 0 Å². The van der Waals surface area contributed by atoms with Crippen LogP contribution in [0.25, 0.3) is 0 Å². The summed E-state index contributed by atoms with van der Waals surface area (Å²) in [7, 11) is 0. The second-order valence-electron chi connectivity index (χ2n) is 4.39. The molecule has 2 rings (SSSR count). The third-order valence-corrected chi connectivity index (χ3v) is 2.75. The number of pyridine rings is 1. The van der Waals surface area contributed by atoms with Crippen LogP contribution in [0, 0.1) is 17.0 Å². The van der Waals surface area contributed by atoms with Crippen LogP contribution in [0.4, 0.5) is 5.69 Å². The number of carbonyl (C=O) groups excluding carboxylic acids is 1. The SMILES string of the molecule is Cc1ccc(C(=O)NN=Cc2cc(O)ccc2[N+](=O)[O-])cn1. The fraction of sp³-hybridized carbons (Fsp3) is 0.0714. The summed E-state index contributed by atoms with van der Waals surface area (Å²) < 4.78 is 0. The Morgan fingerprint density at radius 1 is 1.41 bits per heavy atom. The number of carbonyl (C=O) groups is 1. The van der Waals surface area contributed by atoms with Gasteiger partial charge in [0.15, 0.2) is 0 Å². The van der Waals surface area contributed by atoms with Crippen molar-refractivity contribution in [1.82, 2.24) is 10.4 Å². The van der Waals surface area contributed by atoms with Crippen molar-refractivity contribution >= 4 is 17.8 Å². The summed E-state index contributed by atoms with van der Waals surface area (Å²) in [6.07, 6.45) is 2.49. The lowest BCUT2D eigenvalue weighted by atomic mass is 10.2. The average Bonchev–Trinajstić information content (AvgIpc) is 2.47. The Balaban J connectivity index is 2.12. The van der Waals surface area contributed by atoms with Gasteiger partial charge in [-0.15, -0.1) is 0 Å². The fourth-order valence-electron chi connectivity index (χ4n) is 1.64. The molecule has 1 aromatic heterocycles. The number of hydrazone groups is 1. The molecule has 2 N–H and O–H groups in total. The third-order valence-electron chi connectivity index (χ3n) is 2.75. The van der Waals surface area contributed by atoms with Gasteiger partial charge in [0.05, 0.1) is 22.3 Å². The van der Waals surface area contributed by atoms with Crippen LogP contribution in [0.2, 0.25) is 0 Å². The van der Waals surface area contributed by atoms with Crippen molar-refractivity contribution in [2.24, 2.45) is 5.10 Å². The number of nitrogens with one attached hydrogen (secondary N) is 1. The minimum absolute atomic E-state index is 0.0762. The van der Waals surface area contributed by atoms with E-state index in [1.54, 1.807) is 19.1 Å². The zero-order valence-corrected chi connectivity index (χ0v) is 11.6. The van der Waals surface area contributed by atoms with Crippen molar-refractivity contribution in [3.05, 3.63) is 63.5 Å². The minimum atomic E-state index is -0.605. The predicted octanol–water partition coefficient (Wildman–Crippen LogP) is 1.77. The van der Waals surface area contributed by atoms with Crippen LogP contribution >= 0.6 is 0 Å². The maximum Gasteiger partial charge on any atom is 0.278 e. The Morgan fingerprint density at radius 3 is 2.82 bits per heavy atom. The van der Waals surface area contributed by atoms with Gasteiger partial charge in [0.25, 0.3) is 11.6 Å². The van der Waals surface area contributed by atoms with E-state index < -0.39 is 10.8 Å². The average molecular weight is 300 g/mol. The number of aromatic hydroxyl groups is 1. The highest BCUT2D eigenvalue weighted by atomic mass is 16.6. The summed E-state index contributed by atoms with van der Waals surface area (Å²) in [5, 5.41) is 23.9. The summed E-state index contributed by atoms with van der Waals surface area (Å²) >= 11 is 0. The number of aromatic nitrogens is 1. The Morgan fingerprint density at radius 2 is 2.18 bits per heavy atom. The lowest BCUT2D eigenvalue weighted by Gasteiger charge is -2.00. The van der Waals surface area contributed by atoms with Crippen molar-refractivity contribution in [1.29, 1.82) is 0 Å². The van der Waals surface area contributed by atoms with Gasteiger partial charge >= 0.3 is 0 Å². The topological polar surface area (TPSA) is 118 Å². The Bertz CT molecular complexity index is 741. The van der Waals surface area contributed by atoms with E-state index in [9.17, 15) is 20.0 Å². The molecule has 0 atom stereocenters. The van der Waals surface area contributed by atoms with Crippen molar-refractivity contribution < 1.29 is 14.8 Å². The highest BCUT2D eigenvalue weighted by molar-refractivity contribution is 5.95. The first-order valence-electron chi connectivity index (χ1n) is 6.21. The first kappa shape index (κ1) is 15.1. The summed E-state index contributed by atoms with van der Waals surface area (Å²) in [5.74, 6) is -0.632. The summed E-state index contributed by atoms with van der Waals surface area (Å²) in [6.45, 7) is 1.79. The summed E-state index contributed by atoms with van der Waals surface area (Å²) in [4.78, 5) is 26.0. The summed E-state index contributed by atoms with van der Waals surface area (Å²) in [5.41, 5.74) is 3.17. The molecule has 22 heavy (non-hydrogen) atoms. The van der Waals surface area contributed by atoms with Crippen molar-refractivity contribution in [2.75, 3.05) is 0 Å². The van der Waals surface area contributed by atoms with Gasteiger partial charge in [-0.3, -0.25) is 19.9 Å². The number of nitro groups is 1. The molecule has 112 valence electrons. The minimum Gasteiger partial charge on any atom is -0.508 e. The standard InChI is InChI=1S/C14H12N4O4/c1-9-2-3-10(7-15-9)14(20)17-16-8-11-6-12(19)4-5-13(11)18(21)22/h2-8,19H,1H3,(H,17,20). The van der Waals surface area contributed by atoms with Gasteiger partial charge in [0.2, 0.25) is 0 Å². The molecule has 1 aromatic carbocycles. The van der Waals surface area contributed by atoms with E-state index in [0.29, 0.717) is 5.56 Å². The van der Waals surface area contributed by atoms with Crippen molar-refractivity contribution in [3.8, 4) is 5.75 Å². The number of rotatable bonds is 4. The molecule has 0 aliphatic rings. The molecule has 0 fully saturated rings. The molecule has 0 spiro atoms. The fourth-order valence-corrected chi connectivity index (χ4v) is 1.64. The van der Waals surface area contributed by atoms with Gasteiger partial charge in [-0.2, -0.15) is 5.10 Å². The van der Waals surface area contributed by atoms with Crippen LogP contribution in [0.3, 0.4) is 0 Å². The van der Waals surface area contributed by atoms with Crippen LogP contribution < -0.4 is 5.43 Å². The third kappa shape index (κ3) is 3.63. The second-order valence-corrected chi connectivity index (χ2v) is 4.39. The normalized spacial score (nSPS) is 10.6. The number of aryl methyl sites for hydroxylation is 1. The van der Waals surface area contributed by atoms with Crippen LogP contribution in [-0.4, -0.2) is 27.1 Å². The predicted molar refractivity (Wildman–Crippen MR) is 78.8 cm³/mol. The lowest BCUT2D eigenvalue weighted by molar-refractivity contribution is -0.385. The first-order chi connectivity index (χ1) is 10.5. The van der Waals surface area contributed by atoms with E-state index in [-0.39, 0.29) is 17.0 Å². The Labute approximate surface area is 125 Å². The molecule has 0 bridgehead atoms. The van der Waals surface area contributed by atoms with Gasteiger partial charge in [-0.25, -0.2) is 5.43 Å². The number of nitrogens with zero attached hydrogens (tertiary/aromatic N) is 3. The molecular formula is C14H12N4O4. The number of amides is 1. The van der Waals surface area contributed by atoms with Crippen LogP contribution in [0.15, 0.2) is 41.6 Å². The quantitative estimate of drug-likeness (QED) is 0.507. The number of nitro benzene ring substituents is 1. The first-order valence-corrected chi connectivity index (χ1v) is 6.21. The van der Waals surface area contributed by atoms with Gasteiger partial charge < -0.3 is 5.11 Å². The number of phenols is 1. The molecule has 0 saturated heterocycles. The molecule has 0 aliphatic heterocycles. The number of hydrogen-bond acceptors (Lipinski definition) is 6. The van der Waals surface area contributed by atoms with E-state index in [1.165, 1.54) is 18.3 Å². The monoisotopic (exact) mass is 300 g/mol. The molecule has 8 heteroatoms. The molecule has 2 aromatic rings. The van der Waals surface area contributed by atoms with Crippen molar-refractivity contribution in [2.45, 2.75) is 6.92 Å². The van der Waals surface area contributed by atoms with E-state index >= 15 is 0 Å². The molecule has 8 nitrogen and oxygen atoms in total. The summed E-state index contributed by atoms with van der Waals surface area (Å²) in [6, 6.07) is 6.80. The maximum atomic E-state index is 11.8. The second kappa shape index (κ2) is 6.44. The largest absolute Gasteiger partial charge is 0.508 e. The van der Waals surface area contributed by atoms with E-state index in [4.69, 9.17) is 0 Å². The zero-order valence-electron chi connectivity index (χ0n) is 11.6. The molecular weight excluding hydrogens is 288 g/mol. The number of phenolic OH excluding ortho intramolecular Hbond substituents is 1. The molecule has 0 aliphatic carbocycles. The van der Waals surface area contributed by atoms with Gasteiger partial charge in [0, 0.05) is 18.0 Å². The number of hydrogen-bond donors (Lipinski definition) is 2. The highest BCUT2D eigenvalue weighted by Crippen LogP contribution is 2.21. The Kier molecular flexibility index (Phi) is 4.42. The van der Waals surface area contributed by atoms with Gasteiger partial charge in [0.1, 0.15) is 5.75 Å². The molecule has 0 saturated carbocycles. The van der Waals surface area contributed by atoms with Crippen LogP contribution in [0.1, 0.15) is 21.6 Å². The van der Waals surface area contributed by atoms with Gasteiger partial charge in [-0.05, 0) is 31.2 Å². The van der Waals surface area contributed by atoms with E-state index in [2.05, 4.69) is 15.5 Å².